The first-order chi connectivity index (χ1) is 9.61. The van der Waals surface area contributed by atoms with Crippen molar-refractivity contribution >= 4 is 11.6 Å². The zero-order valence-corrected chi connectivity index (χ0v) is 11.1. The molecule has 104 valence electrons. The van der Waals surface area contributed by atoms with Crippen molar-refractivity contribution in [3.05, 3.63) is 53.6 Å². The van der Waals surface area contributed by atoms with Crippen LogP contribution in [0.3, 0.4) is 0 Å². The van der Waals surface area contributed by atoms with Gasteiger partial charge in [-0.25, -0.2) is 0 Å². The summed E-state index contributed by atoms with van der Waals surface area (Å²) in [5.74, 6) is 0.221. The monoisotopic (exact) mass is 272 g/mol. The van der Waals surface area contributed by atoms with E-state index in [2.05, 4.69) is 5.32 Å². The van der Waals surface area contributed by atoms with Gasteiger partial charge in [0.2, 0.25) is 0 Å². The number of rotatable bonds is 4. The molecule has 2 rings (SSSR count). The third-order valence-corrected chi connectivity index (χ3v) is 2.91. The molecule has 5 nitrogen and oxygen atoms in total. The van der Waals surface area contributed by atoms with Gasteiger partial charge in [0.25, 0.3) is 5.91 Å². The maximum atomic E-state index is 12.0. The van der Waals surface area contributed by atoms with E-state index in [1.807, 2.05) is 24.3 Å². The fourth-order valence-electron chi connectivity index (χ4n) is 1.82. The Morgan fingerprint density at radius 1 is 1.25 bits per heavy atom. The van der Waals surface area contributed by atoms with Crippen molar-refractivity contribution in [1.29, 1.82) is 0 Å². The number of anilines is 1. The molecule has 20 heavy (non-hydrogen) atoms. The number of methoxy groups -OCH3 is 1. The lowest BCUT2D eigenvalue weighted by Crippen LogP contribution is -2.23. The summed E-state index contributed by atoms with van der Waals surface area (Å²) in [6, 6.07) is 11.9. The highest BCUT2D eigenvalue weighted by atomic mass is 16.5. The van der Waals surface area contributed by atoms with Crippen LogP contribution in [0.2, 0.25) is 0 Å². The Labute approximate surface area is 117 Å². The van der Waals surface area contributed by atoms with E-state index < -0.39 is 5.91 Å². The normalized spacial score (nSPS) is 10.1. The van der Waals surface area contributed by atoms with Gasteiger partial charge in [0.15, 0.2) is 0 Å². The molecule has 0 saturated carbocycles. The van der Waals surface area contributed by atoms with Crippen LogP contribution in [-0.4, -0.2) is 18.1 Å². The minimum atomic E-state index is -0.406. The number of phenolic OH excluding ortho intramolecular Hbond substituents is 1. The van der Waals surface area contributed by atoms with Gasteiger partial charge in [-0.05, 0) is 29.8 Å². The number of nitrogens with one attached hydrogen (secondary N) is 1. The van der Waals surface area contributed by atoms with Crippen LogP contribution in [0.15, 0.2) is 42.5 Å². The minimum absolute atomic E-state index is 0.0982. The van der Waals surface area contributed by atoms with Crippen LogP contribution in [0.4, 0.5) is 5.69 Å². The number of carbonyl (C=O) groups is 1. The number of hydrogen-bond donors (Lipinski definition) is 3. The number of aromatic hydroxyl groups is 1. The lowest BCUT2D eigenvalue weighted by atomic mass is 10.1. The zero-order valence-electron chi connectivity index (χ0n) is 11.1. The smallest absolute Gasteiger partial charge is 0.257 e. The Morgan fingerprint density at radius 3 is 2.55 bits per heavy atom. The van der Waals surface area contributed by atoms with E-state index in [0.717, 1.165) is 11.3 Å². The van der Waals surface area contributed by atoms with Gasteiger partial charge in [0.1, 0.15) is 17.1 Å². The third-order valence-electron chi connectivity index (χ3n) is 2.91. The lowest BCUT2D eigenvalue weighted by Gasteiger charge is -2.09. The molecule has 0 aromatic heterocycles. The number of nitrogen functional groups attached to an aromatic ring is 1. The van der Waals surface area contributed by atoms with E-state index in [-0.39, 0.29) is 17.0 Å². The van der Waals surface area contributed by atoms with Crippen LogP contribution in [0.5, 0.6) is 11.5 Å². The molecule has 0 aliphatic rings. The molecular formula is C15H16N2O3. The average molecular weight is 272 g/mol. The van der Waals surface area contributed by atoms with Gasteiger partial charge < -0.3 is 20.9 Å². The number of benzene rings is 2. The average Bonchev–Trinajstić information content (AvgIpc) is 2.45. The Kier molecular flexibility index (Phi) is 4.10. The predicted octanol–water partition coefficient (Wildman–Crippen LogP) is 1.91. The standard InChI is InChI=1S/C15H16N2O3/c1-20-11-7-5-10(6-8-11)9-17-15(19)14-12(16)3-2-4-13(14)18/h2-8,18H,9,16H2,1H3,(H,17,19). The Hall–Kier alpha value is -2.69. The molecular weight excluding hydrogens is 256 g/mol. The Bertz CT molecular complexity index is 589. The van der Waals surface area contributed by atoms with Gasteiger partial charge in [-0.1, -0.05) is 18.2 Å². The maximum Gasteiger partial charge on any atom is 0.257 e. The van der Waals surface area contributed by atoms with Crippen molar-refractivity contribution in [2.45, 2.75) is 6.54 Å². The third kappa shape index (κ3) is 3.00. The van der Waals surface area contributed by atoms with Crippen molar-refractivity contribution < 1.29 is 14.6 Å². The van der Waals surface area contributed by atoms with E-state index in [4.69, 9.17) is 10.5 Å². The van der Waals surface area contributed by atoms with E-state index in [1.54, 1.807) is 19.2 Å². The highest BCUT2D eigenvalue weighted by molar-refractivity contribution is 6.01. The SMILES string of the molecule is COc1ccc(CNC(=O)c2c(N)cccc2O)cc1. The molecule has 0 spiro atoms. The molecule has 0 atom stereocenters. The first-order valence-electron chi connectivity index (χ1n) is 6.10. The summed E-state index contributed by atoms with van der Waals surface area (Å²) < 4.78 is 5.06. The summed E-state index contributed by atoms with van der Waals surface area (Å²) in [5, 5.41) is 12.4. The molecule has 4 N–H and O–H groups in total. The molecule has 5 heteroatoms. The Morgan fingerprint density at radius 2 is 1.95 bits per heavy atom. The minimum Gasteiger partial charge on any atom is -0.507 e. The fourth-order valence-corrected chi connectivity index (χ4v) is 1.82. The van der Waals surface area contributed by atoms with Crippen molar-refractivity contribution in [2.24, 2.45) is 0 Å². The zero-order chi connectivity index (χ0) is 14.5. The van der Waals surface area contributed by atoms with Gasteiger partial charge in [-0.15, -0.1) is 0 Å². The highest BCUT2D eigenvalue weighted by Crippen LogP contribution is 2.22. The molecule has 0 fully saturated rings. The first-order valence-corrected chi connectivity index (χ1v) is 6.10. The second kappa shape index (κ2) is 5.97. The van der Waals surface area contributed by atoms with Gasteiger partial charge in [-0.2, -0.15) is 0 Å². The molecule has 0 bridgehead atoms. The molecule has 1 amide bonds. The van der Waals surface area contributed by atoms with Crippen LogP contribution in [-0.2, 0) is 6.54 Å². The van der Waals surface area contributed by atoms with Gasteiger partial charge >= 0.3 is 0 Å². The second-order valence-corrected chi connectivity index (χ2v) is 4.27. The van der Waals surface area contributed by atoms with Crippen LogP contribution in [0.1, 0.15) is 15.9 Å². The van der Waals surface area contributed by atoms with E-state index in [0.29, 0.717) is 6.54 Å². The van der Waals surface area contributed by atoms with Crippen molar-refractivity contribution in [2.75, 3.05) is 12.8 Å². The van der Waals surface area contributed by atoms with Crippen LogP contribution in [0, 0.1) is 0 Å². The largest absolute Gasteiger partial charge is 0.507 e. The molecule has 0 aliphatic carbocycles. The number of ether oxygens (including phenoxy) is 1. The van der Waals surface area contributed by atoms with E-state index in [1.165, 1.54) is 6.07 Å². The summed E-state index contributed by atoms with van der Waals surface area (Å²) >= 11 is 0. The van der Waals surface area contributed by atoms with Gasteiger partial charge in [0, 0.05) is 12.2 Å². The van der Waals surface area contributed by atoms with Crippen molar-refractivity contribution in [1.82, 2.24) is 5.32 Å². The number of nitrogens with two attached hydrogens (primary N) is 1. The summed E-state index contributed by atoms with van der Waals surface area (Å²) in [7, 11) is 1.59. The predicted molar refractivity (Wildman–Crippen MR) is 76.7 cm³/mol. The Balaban J connectivity index is 2.05. The highest BCUT2D eigenvalue weighted by Gasteiger charge is 2.13. The van der Waals surface area contributed by atoms with Crippen LogP contribution >= 0.6 is 0 Å². The van der Waals surface area contributed by atoms with Crippen molar-refractivity contribution in [3.8, 4) is 11.5 Å². The van der Waals surface area contributed by atoms with E-state index in [9.17, 15) is 9.90 Å². The molecule has 0 heterocycles. The molecule has 0 saturated heterocycles. The lowest BCUT2D eigenvalue weighted by molar-refractivity contribution is 0.0949. The molecule has 2 aromatic rings. The van der Waals surface area contributed by atoms with Gasteiger partial charge in [0.05, 0.1) is 7.11 Å². The quantitative estimate of drug-likeness (QED) is 0.742. The number of carbonyl (C=O) groups excluding carboxylic acids is 1. The molecule has 2 aromatic carbocycles. The first kappa shape index (κ1) is 13.7. The van der Waals surface area contributed by atoms with Crippen molar-refractivity contribution in [3.63, 3.8) is 0 Å². The summed E-state index contributed by atoms with van der Waals surface area (Å²) in [6.07, 6.45) is 0. The maximum absolute atomic E-state index is 12.0. The number of hydrogen-bond acceptors (Lipinski definition) is 4. The fraction of sp³-hybridized carbons (Fsp3) is 0.133. The number of phenols is 1. The van der Waals surface area contributed by atoms with Crippen LogP contribution in [0.25, 0.3) is 0 Å². The molecule has 0 unspecified atom stereocenters. The van der Waals surface area contributed by atoms with Crippen LogP contribution < -0.4 is 15.8 Å². The topological polar surface area (TPSA) is 84.6 Å². The van der Waals surface area contributed by atoms with Gasteiger partial charge in [-0.3, -0.25) is 4.79 Å². The summed E-state index contributed by atoms with van der Waals surface area (Å²) in [5.41, 5.74) is 6.96. The number of amides is 1. The second-order valence-electron chi connectivity index (χ2n) is 4.27. The van der Waals surface area contributed by atoms with E-state index >= 15 is 0 Å². The summed E-state index contributed by atoms with van der Waals surface area (Å²) in [4.78, 5) is 12.0. The molecule has 0 aliphatic heterocycles. The molecule has 0 radical (unpaired) electrons. The summed E-state index contributed by atoms with van der Waals surface area (Å²) in [6.45, 7) is 0.344.